The molecule has 0 saturated heterocycles. The fourth-order valence-corrected chi connectivity index (χ4v) is 3.54. The molecule has 28 heavy (non-hydrogen) atoms. The lowest BCUT2D eigenvalue weighted by molar-refractivity contribution is -0.127. The molecule has 3 rings (SSSR count). The van der Waals surface area contributed by atoms with Crippen molar-refractivity contribution in [3.8, 4) is 5.75 Å². The van der Waals surface area contributed by atoms with Crippen molar-refractivity contribution >= 4 is 17.7 Å². The Balaban J connectivity index is 1.57. The average molecular weight is 385 g/mol. The van der Waals surface area contributed by atoms with Gasteiger partial charge >= 0.3 is 0 Å². The summed E-state index contributed by atoms with van der Waals surface area (Å²) >= 11 is 0. The first-order valence-electron chi connectivity index (χ1n) is 9.37. The highest BCUT2D eigenvalue weighted by Gasteiger charge is 2.34. The summed E-state index contributed by atoms with van der Waals surface area (Å²) in [6.45, 7) is 0.494. The van der Waals surface area contributed by atoms with Gasteiger partial charge in [-0.2, -0.15) is 4.98 Å². The number of anilines is 2. The average Bonchev–Trinajstić information content (AvgIpc) is 2.72. The molecule has 1 heterocycles. The first kappa shape index (κ1) is 19.9. The molecule has 0 bridgehead atoms. The summed E-state index contributed by atoms with van der Waals surface area (Å²) < 4.78 is 10.8. The van der Waals surface area contributed by atoms with Crippen molar-refractivity contribution in [1.29, 1.82) is 0 Å². The molecule has 2 aromatic rings. The molecule has 1 fully saturated rings. The molecule has 0 radical (unpaired) electrons. The van der Waals surface area contributed by atoms with Gasteiger partial charge in [-0.25, -0.2) is 4.98 Å². The van der Waals surface area contributed by atoms with Crippen molar-refractivity contribution in [3.63, 3.8) is 0 Å². The minimum atomic E-state index is -0.0821. The zero-order valence-electron chi connectivity index (χ0n) is 16.2. The van der Waals surface area contributed by atoms with Crippen molar-refractivity contribution in [1.82, 2.24) is 15.3 Å². The second kappa shape index (κ2) is 9.36. The molecule has 3 atom stereocenters. The van der Waals surface area contributed by atoms with E-state index >= 15 is 0 Å². The van der Waals surface area contributed by atoms with E-state index in [1.807, 2.05) is 24.3 Å². The minimum Gasteiger partial charge on any atom is -0.497 e. The van der Waals surface area contributed by atoms with Crippen molar-refractivity contribution in [2.24, 2.45) is 5.92 Å². The maximum Gasteiger partial charge on any atom is 0.223 e. The number of nitrogens with one attached hydrogen (secondary N) is 2. The van der Waals surface area contributed by atoms with Gasteiger partial charge in [0.2, 0.25) is 11.9 Å². The highest BCUT2D eigenvalue weighted by Crippen LogP contribution is 2.29. The molecule has 1 aliphatic carbocycles. The fourth-order valence-electron chi connectivity index (χ4n) is 3.54. The van der Waals surface area contributed by atoms with E-state index in [4.69, 9.17) is 15.2 Å². The van der Waals surface area contributed by atoms with Crippen LogP contribution in [-0.4, -0.2) is 42.2 Å². The number of carbonyl (C=O) groups excluding carboxylic acids is 1. The second-order valence-corrected chi connectivity index (χ2v) is 6.90. The molecule has 8 heteroatoms. The van der Waals surface area contributed by atoms with E-state index < -0.39 is 0 Å². The molecule has 150 valence electrons. The first-order valence-corrected chi connectivity index (χ1v) is 9.37. The lowest BCUT2D eigenvalue weighted by Gasteiger charge is -2.35. The molecule has 4 N–H and O–H groups in total. The zero-order valence-corrected chi connectivity index (χ0v) is 16.2. The molecule has 1 aromatic carbocycles. The number of methoxy groups -OCH3 is 2. The SMILES string of the molecule is COc1ccc(CNC(=O)[C@H]2CC[C@@H](OC)[C@H](Nc3ccnc(N)n3)C2)cc1. The predicted octanol–water partition coefficient (Wildman–Crippen LogP) is 1.98. The van der Waals surface area contributed by atoms with Crippen LogP contribution in [0, 0.1) is 5.92 Å². The number of nitrogens with two attached hydrogens (primary N) is 1. The summed E-state index contributed by atoms with van der Waals surface area (Å²) in [5, 5.41) is 6.38. The summed E-state index contributed by atoms with van der Waals surface area (Å²) in [7, 11) is 3.32. The van der Waals surface area contributed by atoms with Crippen molar-refractivity contribution in [2.75, 3.05) is 25.3 Å². The molecule has 0 aliphatic heterocycles. The van der Waals surface area contributed by atoms with Crippen LogP contribution < -0.4 is 21.1 Å². The lowest BCUT2D eigenvalue weighted by atomic mass is 9.83. The van der Waals surface area contributed by atoms with Gasteiger partial charge in [0.15, 0.2) is 0 Å². The zero-order chi connectivity index (χ0) is 19.9. The van der Waals surface area contributed by atoms with Crippen molar-refractivity contribution in [2.45, 2.75) is 38.0 Å². The first-order chi connectivity index (χ1) is 13.6. The number of hydrogen-bond donors (Lipinski definition) is 3. The number of ether oxygens (including phenoxy) is 2. The number of aromatic nitrogens is 2. The van der Waals surface area contributed by atoms with Crippen LogP contribution in [0.4, 0.5) is 11.8 Å². The number of rotatable bonds is 7. The number of nitrogen functional groups attached to an aromatic ring is 1. The molecule has 0 unspecified atom stereocenters. The molecular weight excluding hydrogens is 358 g/mol. The third-order valence-electron chi connectivity index (χ3n) is 5.09. The number of amides is 1. The Labute approximate surface area is 164 Å². The van der Waals surface area contributed by atoms with Gasteiger partial charge in [0, 0.05) is 25.8 Å². The molecule has 1 amide bonds. The smallest absolute Gasteiger partial charge is 0.223 e. The van der Waals surface area contributed by atoms with Gasteiger partial charge in [-0.3, -0.25) is 4.79 Å². The molecule has 8 nitrogen and oxygen atoms in total. The van der Waals surface area contributed by atoms with Crippen LogP contribution in [0.5, 0.6) is 5.75 Å². The Morgan fingerprint density at radius 2 is 2.00 bits per heavy atom. The van der Waals surface area contributed by atoms with Gasteiger partial charge in [-0.05, 0) is 43.0 Å². The lowest BCUT2D eigenvalue weighted by Crippen LogP contribution is -2.45. The van der Waals surface area contributed by atoms with E-state index in [0.717, 1.165) is 24.2 Å². The van der Waals surface area contributed by atoms with Crippen LogP contribution in [0.1, 0.15) is 24.8 Å². The molecule has 1 aliphatic rings. The topological polar surface area (TPSA) is 111 Å². The number of benzene rings is 1. The predicted molar refractivity (Wildman–Crippen MR) is 107 cm³/mol. The standard InChI is InChI=1S/C20H27N5O3/c1-27-15-6-3-13(4-7-15)12-23-19(26)14-5-8-17(28-2)16(11-14)24-18-9-10-22-20(21)25-18/h3-4,6-7,9-10,14,16-17H,5,8,11-12H2,1-2H3,(H,23,26)(H3,21,22,24,25)/t14-,16+,17+/m0/s1. The molecule has 1 saturated carbocycles. The Bertz CT molecular complexity index is 784. The normalized spacial score (nSPS) is 21.7. The third kappa shape index (κ3) is 5.10. The minimum absolute atomic E-state index is 0.0156. The van der Waals surface area contributed by atoms with Crippen LogP contribution in [0.25, 0.3) is 0 Å². The van der Waals surface area contributed by atoms with E-state index in [0.29, 0.717) is 18.8 Å². The maximum atomic E-state index is 12.7. The van der Waals surface area contributed by atoms with Gasteiger partial charge in [0.25, 0.3) is 0 Å². The highest BCUT2D eigenvalue weighted by atomic mass is 16.5. The fraction of sp³-hybridized carbons (Fsp3) is 0.450. The van der Waals surface area contributed by atoms with Crippen LogP contribution in [0.2, 0.25) is 0 Å². The highest BCUT2D eigenvalue weighted by molar-refractivity contribution is 5.78. The molecule has 1 aromatic heterocycles. The number of nitrogens with zero attached hydrogens (tertiary/aromatic N) is 2. The van der Waals surface area contributed by atoms with Crippen LogP contribution >= 0.6 is 0 Å². The van der Waals surface area contributed by atoms with E-state index in [-0.39, 0.29) is 29.9 Å². The van der Waals surface area contributed by atoms with Gasteiger partial charge in [0.05, 0.1) is 19.3 Å². The maximum absolute atomic E-state index is 12.7. The van der Waals surface area contributed by atoms with Crippen molar-refractivity contribution < 1.29 is 14.3 Å². The Morgan fingerprint density at radius 1 is 1.21 bits per heavy atom. The quantitative estimate of drug-likeness (QED) is 0.668. The molecule has 0 spiro atoms. The van der Waals surface area contributed by atoms with Crippen LogP contribution in [0.3, 0.4) is 0 Å². The van der Waals surface area contributed by atoms with Crippen LogP contribution in [-0.2, 0) is 16.1 Å². The largest absolute Gasteiger partial charge is 0.497 e. The number of hydrogen-bond acceptors (Lipinski definition) is 7. The van der Waals surface area contributed by atoms with E-state index in [9.17, 15) is 4.79 Å². The summed E-state index contributed by atoms with van der Waals surface area (Å²) in [6, 6.07) is 9.41. The summed E-state index contributed by atoms with van der Waals surface area (Å²) in [5.74, 6) is 1.62. The van der Waals surface area contributed by atoms with Crippen molar-refractivity contribution in [3.05, 3.63) is 42.1 Å². The van der Waals surface area contributed by atoms with Gasteiger partial charge in [-0.1, -0.05) is 12.1 Å². The van der Waals surface area contributed by atoms with Gasteiger partial charge < -0.3 is 25.8 Å². The third-order valence-corrected chi connectivity index (χ3v) is 5.09. The molecular formula is C20H27N5O3. The summed E-state index contributed by atoms with van der Waals surface area (Å²) in [5.41, 5.74) is 6.69. The summed E-state index contributed by atoms with van der Waals surface area (Å²) in [6.07, 6.45) is 3.87. The Hall–Kier alpha value is -2.87. The number of carbonyl (C=O) groups is 1. The summed E-state index contributed by atoms with van der Waals surface area (Å²) in [4.78, 5) is 20.8. The van der Waals surface area contributed by atoms with Gasteiger partial charge in [0.1, 0.15) is 11.6 Å². The van der Waals surface area contributed by atoms with E-state index in [1.54, 1.807) is 26.5 Å². The Morgan fingerprint density at radius 3 is 2.68 bits per heavy atom. The second-order valence-electron chi connectivity index (χ2n) is 6.90. The van der Waals surface area contributed by atoms with E-state index in [1.165, 1.54) is 0 Å². The van der Waals surface area contributed by atoms with Gasteiger partial charge in [-0.15, -0.1) is 0 Å². The monoisotopic (exact) mass is 385 g/mol. The Kier molecular flexibility index (Phi) is 6.65. The van der Waals surface area contributed by atoms with E-state index in [2.05, 4.69) is 20.6 Å². The van der Waals surface area contributed by atoms with Crippen LogP contribution in [0.15, 0.2) is 36.5 Å².